The number of hydrogen-bond donors (Lipinski definition) is 1. The van der Waals surface area contributed by atoms with Crippen LogP contribution >= 0.6 is 0 Å². The molecule has 0 bridgehead atoms. The van der Waals surface area contributed by atoms with Crippen molar-refractivity contribution in [1.82, 2.24) is 4.98 Å². The Morgan fingerprint density at radius 2 is 1.78 bits per heavy atom. The predicted molar refractivity (Wildman–Crippen MR) is 75.4 cm³/mol. The summed E-state index contributed by atoms with van der Waals surface area (Å²) < 4.78 is 0. The number of rotatable bonds is 4. The summed E-state index contributed by atoms with van der Waals surface area (Å²) in [5, 5.41) is 0. The molecule has 2 nitrogen and oxygen atoms in total. The summed E-state index contributed by atoms with van der Waals surface area (Å²) in [5.74, 6) is 0.292. The van der Waals surface area contributed by atoms with Crippen LogP contribution in [0.5, 0.6) is 0 Å². The molecule has 0 amide bonds. The van der Waals surface area contributed by atoms with Crippen LogP contribution in [-0.2, 0) is 6.42 Å². The Labute approximate surface area is 109 Å². The van der Waals surface area contributed by atoms with Gasteiger partial charge in [-0.3, -0.25) is 4.98 Å². The summed E-state index contributed by atoms with van der Waals surface area (Å²) in [6.07, 6.45) is 4.67. The summed E-state index contributed by atoms with van der Waals surface area (Å²) in [7, 11) is 0. The van der Waals surface area contributed by atoms with Gasteiger partial charge in [-0.1, -0.05) is 38.1 Å². The van der Waals surface area contributed by atoms with Gasteiger partial charge in [0.15, 0.2) is 0 Å². The van der Waals surface area contributed by atoms with Crippen molar-refractivity contribution in [3.05, 3.63) is 65.5 Å². The molecular weight excluding hydrogens is 220 g/mol. The second-order valence-electron chi connectivity index (χ2n) is 4.65. The van der Waals surface area contributed by atoms with Gasteiger partial charge in [0.05, 0.1) is 0 Å². The SMILES string of the molecule is CCc1ccccc1C(N)C(C)c1ccncc1. The van der Waals surface area contributed by atoms with E-state index in [1.54, 1.807) is 0 Å². The highest BCUT2D eigenvalue weighted by Gasteiger charge is 2.18. The quantitative estimate of drug-likeness (QED) is 0.889. The highest BCUT2D eigenvalue weighted by molar-refractivity contribution is 5.33. The van der Waals surface area contributed by atoms with E-state index >= 15 is 0 Å². The van der Waals surface area contributed by atoms with Crippen molar-refractivity contribution in [2.45, 2.75) is 32.2 Å². The van der Waals surface area contributed by atoms with E-state index in [1.807, 2.05) is 24.5 Å². The maximum absolute atomic E-state index is 6.43. The number of nitrogens with two attached hydrogens (primary N) is 1. The van der Waals surface area contributed by atoms with Crippen LogP contribution < -0.4 is 5.73 Å². The molecule has 1 aromatic carbocycles. The lowest BCUT2D eigenvalue weighted by Gasteiger charge is -2.22. The topological polar surface area (TPSA) is 38.9 Å². The Balaban J connectivity index is 2.28. The smallest absolute Gasteiger partial charge is 0.0364 e. The molecule has 2 unspecified atom stereocenters. The van der Waals surface area contributed by atoms with E-state index in [9.17, 15) is 0 Å². The summed E-state index contributed by atoms with van der Waals surface area (Å²) in [4.78, 5) is 4.05. The zero-order valence-electron chi connectivity index (χ0n) is 11.0. The van der Waals surface area contributed by atoms with Gasteiger partial charge in [0.25, 0.3) is 0 Å². The molecule has 2 atom stereocenters. The molecule has 2 rings (SSSR count). The van der Waals surface area contributed by atoms with Crippen molar-refractivity contribution in [3.8, 4) is 0 Å². The molecular formula is C16H20N2. The Morgan fingerprint density at radius 3 is 2.44 bits per heavy atom. The number of hydrogen-bond acceptors (Lipinski definition) is 2. The summed E-state index contributed by atoms with van der Waals surface area (Å²) in [6, 6.07) is 12.6. The summed E-state index contributed by atoms with van der Waals surface area (Å²) >= 11 is 0. The van der Waals surface area contributed by atoms with Crippen molar-refractivity contribution in [2.75, 3.05) is 0 Å². The molecule has 0 fully saturated rings. The second-order valence-corrected chi connectivity index (χ2v) is 4.65. The average Bonchev–Trinajstić information content (AvgIpc) is 2.46. The normalized spacial score (nSPS) is 14.2. The molecule has 2 aromatic rings. The van der Waals surface area contributed by atoms with E-state index in [1.165, 1.54) is 16.7 Å². The van der Waals surface area contributed by atoms with Crippen LogP contribution in [0, 0.1) is 0 Å². The standard InChI is InChI=1S/C16H20N2/c1-3-13-6-4-5-7-15(13)16(17)12(2)14-8-10-18-11-9-14/h4-12,16H,3,17H2,1-2H3. The molecule has 2 N–H and O–H groups in total. The number of nitrogens with zero attached hydrogens (tertiary/aromatic N) is 1. The summed E-state index contributed by atoms with van der Waals surface area (Å²) in [5.41, 5.74) is 10.3. The summed E-state index contributed by atoms with van der Waals surface area (Å²) in [6.45, 7) is 4.34. The van der Waals surface area contributed by atoms with Crippen molar-refractivity contribution < 1.29 is 0 Å². The largest absolute Gasteiger partial charge is 0.323 e. The molecule has 94 valence electrons. The molecule has 0 aliphatic heterocycles. The van der Waals surface area contributed by atoms with Crippen molar-refractivity contribution in [1.29, 1.82) is 0 Å². The average molecular weight is 240 g/mol. The number of benzene rings is 1. The van der Waals surface area contributed by atoms with Crippen LogP contribution in [0.25, 0.3) is 0 Å². The Morgan fingerprint density at radius 1 is 1.11 bits per heavy atom. The first kappa shape index (κ1) is 12.8. The van der Waals surface area contributed by atoms with E-state index in [2.05, 4.69) is 43.1 Å². The van der Waals surface area contributed by atoms with Crippen LogP contribution in [0.2, 0.25) is 0 Å². The monoisotopic (exact) mass is 240 g/mol. The van der Waals surface area contributed by atoms with Gasteiger partial charge >= 0.3 is 0 Å². The molecule has 0 saturated heterocycles. The minimum absolute atomic E-state index is 0.0311. The maximum atomic E-state index is 6.43. The fourth-order valence-corrected chi connectivity index (χ4v) is 2.33. The van der Waals surface area contributed by atoms with Gasteiger partial charge in [0.1, 0.15) is 0 Å². The Hall–Kier alpha value is -1.67. The van der Waals surface area contributed by atoms with Crippen molar-refractivity contribution in [3.63, 3.8) is 0 Å². The number of pyridine rings is 1. The first-order valence-corrected chi connectivity index (χ1v) is 6.47. The van der Waals surface area contributed by atoms with Gasteiger partial charge in [-0.2, -0.15) is 0 Å². The molecule has 0 saturated carbocycles. The molecule has 0 aliphatic rings. The predicted octanol–water partition coefficient (Wildman–Crippen LogP) is 3.45. The first-order chi connectivity index (χ1) is 8.74. The zero-order chi connectivity index (χ0) is 13.0. The number of aryl methyl sites for hydroxylation is 1. The first-order valence-electron chi connectivity index (χ1n) is 6.47. The lowest BCUT2D eigenvalue weighted by Crippen LogP contribution is -2.19. The van der Waals surface area contributed by atoms with Gasteiger partial charge < -0.3 is 5.73 Å². The van der Waals surface area contributed by atoms with Crippen LogP contribution in [0.3, 0.4) is 0 Å². The molecule has 1 aromatic heterocycles. The van der Waals surface area contributed by atoms with Gasteiger partial charge in [-0.25, -0.2) is 0 Å². The van der Waals surface area contributed by atoms with Crippen LogP contribution in [-0.4, -0.2) is 4.98 Å². The van der Waals surface area contributed by atoms with Gasteiger partial charge in [0, 0.05) is 24.4 Å². The van der Waals surface area contributed by atoms with Gasteiger partial charge in [0.2, 0.25) is 0 Å². The molecule has 0 aliphatic carbocycles. The lowest BCUT2D eigenvalue weighted by molar-refractivity contribution is 0.592. The van der Waals surface area contributed by atoms with Crippen LogP contribution in [0.1, 0.15) is 42.5 Å². The second kappa shape index (κ2) is 5.78. The van der Waals surface area contributed by atoms with Crippen molar-refractivity contribution in [2.24, 2.45) is 5.73 Å². The Kier molecular flexibility index (Phi) is 4.11. The molecule has 2 heteroatoms. The highest BCUT2D eigenvalue weighted by atomic mass is 14.7. The fourth-order valence-electron chi connectivity index (χ4n) is 2.33. The zero-order valence-corrected chi connectivity index (χ0v) is 11.0. The molecule has 0 radical (unpaired) electrons. The van der Waals surface area contributed by atoms with Gasteiger partial charge in [-0.05, 0) is 35.2 Å². The van der Waals surface area contributed by atoms with Crippen molar-refractivity contribution >= 4 is 0 Å². The Bertz CT molecular complexity index is 493. The third-order valence-electron chi connectivity index (χ3n) is 3.57. The van der Waals surface area contributed by atoms with Crippen LogP contribution in [0.4, 0.5) is 0 Å². The molecule has 18 heavy (non-hydrogen) atoms. The third-order valence-corrected chi connectivity index (χ3v) is 3.57. The number of aromatic nitrogens is 1. The minimum Gasteiger partial charge on any atom is -0.323 e. The fraction of sp³-hybridized carbons (Fsp3) is 0.312. The van der Waals surface area contributed by atoms with E-state index in [0.29, 0.717) is 5.92 Å². The van der Waals surface area contributed by atoms with Gasteiger partial charge in [-0.15, -0.1) is 0 Å². The minimum atomic E-state index is 0.0311. The van der Waals surface area contributed by atoms with Crippen LogP contribution in [0.15, 0.2) is 48.8 Å². The lowest BCUT2D eigenvalue weighted by atomic mass is 9.87. The molecule has 0 spiro atoms. The van der Waals surface area contributed by atoms with E-state index in [0.717, 1.165) is 6.42 Å². The maximum Gasteiger partial charge on any atom is 0.0364 e. The highest BCUT2D eigenvalue weighted by Crippen LogP contribution is 2.30. The van der Waals surface area contributed by atoms with E-state index in [4.69, 9.17) is 5.73 Å². The van der Waals surface area contributed by atoms with E-state index in [-0.39, 0.29) is 6.04 Å². The molecule has 1 heterocycles. The third kappa shape index (κ3) is 2.59. The van der Waals surface area contributed by atoms with E-state index < -0.39 is 0 Å².